The summed E-state index contributed by atoms with van der Waals surface area (Å²) in [6.45, 7) is 6.21. The minimum Gasteiger partial charge on any atom is -0.352 e. The normalized spacial score (nSPS) is 11.8. The smallest absolute Gasteiger partial charge is 0.225 e. The van der Waals surface area contributed by atoms with E-state index in [4.69, 9.17) is 11.6 Å². The first-order valence-electron chi connectivity index (χ1n) is 8.64. The third-order valence-corrected chi connectivity index (χ3v) is 4.54. The van der Waals surface area contributed by atoms with Crippen molar-refractivity contribution in [1.82, 2.24) is 15.0 Å². The Labute approximate surface area is 158 Å². The Kier molecular flexibility index (Phi) is 5.68. The summed E-state index contributed by atoms with van der Waals surface area (Å²) in [7, 11) is 0. The Morgan fingerprint density at radius 3 is 2.54 bits per heavy atom. The van der Waals surface area contributed by atoms with Crippen LogP contribution in [0.15, 0.2) is 48.8 Å². The van der Waals surface area contributed by atoms with Crippen LogP contribution in [0.1, 0.15) is 25.8 Å². The van der Waals surface area contributed by atoms with Crippen LogP contribution < -0.4 is 10.6 Å². The van der Waals surface area contributed by atoms with Crippen molar-refractivity contribution in [3.8, 4) is 11.3 Å². The van der Waals surface area contributed by atoms with Gasteiger partial charge >= 0.3 is 0 Å². The predicted octanol–water partition coefficient (Wildman–Crippen LogP) is 5.45. The Bertz CT molecular complexity index is 883. The van der Waals surface area contributed by atoms with Crippen molar-refractivity contribution in [2.24, 2.45) is 0 Å². The van der Waals surface area contributed by atoms with Crippen molar-refractivity contribution in [2.45, 2.75) is 33.2 Å². The maximum Gasteiger partial charge on any atom is 0.225 e. The molecule has 0 spiro atoms. The molecule has 26 heavy (non-hydrogen) atoms. The van der Waals surface area contributed by atoms with Gasteiger partial charge in [0.05, 0.1) is 5.69 Å². The van der Waals surface area contributed by atoms with E-state index in [2.05, 4.69) is 39.4 Å². The fourth-order valence-corrected chi connectivity index (χ4v) is 2.56. The molecule has 0 saturated heterocycles. The molecular formula is C20H22ClN5. The Hall–Kier alpha value is -2.66. The zero-order valence-corrected chi connectivity index (χ0v) is 15.9. The first-order chi connectivity index (χ1) is 12.5. The van der Waals surface area contributed by atoms with Gasteiger partial charge in [-0.25, -0.2) is 4.98 Å². The summed E-state index contributed by atoms with van der Waals surface area (Å²) >= 11 is 6.12. The van der Waals surface area contributed by atoms with E-state index >= 15 is 0 Å². The summed E-state index contributed by atoms with van der Waals surface area (Å²) in [6, 6.07) is 11.9. The Balaban J connectivity index is 1.97. The highest BCUT2D eigenvalue weighted by molar-refractivity contribution is 6.31. The highest BCUT2D eigenvalue weighted by Crippen LogP contribution is 2.25. The molecule has 0 aliphatic carbocycles. The van der Waals surface area contributed by atoms with Gasteiger partial charge < -0.3 is 10.6 Å². The molecule has 3 rings (SSSR count). The number of aromatic nitrogens is 3. The second-order valence-corrected chi connectivity index (χ2v) is 6.65. The molecular weight excluding hydrogens is 346 g/mol. The van der Waals surface area contributed by atoms with E-state index in [1.54, 1.807) is 12.4 Å². The van der Waals surface area contributed by atoms with Crippen molar-refractivity contribution in [3.63, 3.8) is 0 Å². The number of nitrogens with one attached hydrogen (secondary N) is 2. The lowest BCUT2D eigenvalue weighted by Gasteiger charge is -2.15. The number of benzene rings is 1. The van der Waals surface area contributed by atoms with Gasteiger partial charge in [0.25, 0.3) is 0 Å². The minimum atomic E-state index is 0.285. The molecule has 0 fully saturated rings. The standard InChI is InChI=1S/C20H22ClN5/c1-4-14(3)23-20-25-18(15-7-9-22-10-8-15)12-19(26-20)24-16-5-6-17(21)13(2)11-16/h5-12,14H,4H2,1-3H3,(H2,23,24,25,26)/t14-/m1/s1. The van der Waals surface area contributed by atoms with Gasteiger partial charge in [-0.15, -0.1) is 0 Å². The van der Waals surface area contributed by atoms with Crippen LogP contribution in [-0.4, -0.2) is 21.0 Å². The van der Waals surface area contributed by atoms with Gasteiger partial charge in [0.1, 0.15) is 5.82 Å². The molecule has 2 heterocycles. The number of halogens is 1. The molecule has 1 atom stereocenters. The monoisotopic (exact) mass is 367 g/mol. The highest BCUT2D eigenvalue weighted by Gasteiger charge is 2.09. The van der Waals surface area contributed by atoms with Crippen molar-refractivity contribution >= 4 is 29.1 Å². The van der Waals surface area contributed by atoms with Crippen LogP contribution in [0.4, 0.5) is 17.5 Å². The molecule has 0 aliphatic rings. The lowest BCUT2D eigenvalue weighted by atomic mass is 10.2. The highest BCUT2D eigenvalue weighted by atomic mass is 35.5. The largest absolute Gasteiger partial charge is 0.352 e. The fraction of sp³-hybridized carbons (Fsp3) is 0.250. The average Bonchev–Trinajstić information content (AvgIpc) is 2.65. The molecule has 0 amide bonds. The number of aryl methyl sites for hydroxylation is 1. The molecule has 5 nitrogen and oxygen atoms in total. The second kappa shape index (κ2) is 8.15. The lowest BCUT2D eigenvalue weighted by Crippen LogP contribution is -2.16. The van der Waals surface area contributed by atoms with Gasteiger partial charge in [-0.05, 0) is 56.2 Å². The number of hydrogen-bond acceptors (Lipinski definition) is 5. The van der Waals surface area contributed by atoms with E-state index in [9.17, 15) is 0 Å². The third-order valence-electron chi connectivity index (χ3n) is 4.12. The molecule has 0 unspecified atom stereocenters. The quantitative estimate of drug-likeness (QED) is 0.606. The Morgan fingerprint density at radius 1 is 1.08 bits per heavy atom. The summed E-state index contributed by atoms with van der Waals surface area (Å²) in [5.74, 6) is 1.32. The SMILES string of the molecule is CC[C@@H](C)Nc1nc(Nc2ccc(Cl)c(C)c2)cc(-c2ccncc2)n1. The maximum atomic E-state index is 6.12. The molecule has 0 aliphatic heterocycles. The molecule has 0 bridgehead atoms. The summed E-state index contributed by atoms with van der Waals surface area (Å²) < 4.78 is 0. The number of rotatable bonds is 6. The number of anilines is 3. The first kappa shape index (κ1) is 18.1. The summed E-state index contributed by atoms with van der Waals surface area (Å²) in [5.41, 5.74) is 3.77. The molecule has 0 saturated carbocycles. The van der Waals surface area contributed by atoms with Crippen LogP contribution in [0.5, 0.6) is 0 Å². The van der Waals surface area contributed by atoms with Gasteiger partial charge in [-0.1, -0.05) is 18.5 Å². The number of nitrogens with zero attached hydrogens (tertiary/aromatic N) is 3. The van der Waals surface area contributed by atoms with E-state index in [0.29, 0.717) is 5.95 Å². The molecule has 134 valence electrons. The van der Waals surface area contributed by atoms with E-state index < -0.39 is 0 Å². The van der Waals surface area contributed by atoms with Gasteiger partial charge in [0.2, 0.25) is 5.95 Å². The van der Waals surface area contributed by atoms with E-state index in [1.807, 2.05) is 43.3 Å². The van der Waals surface area contributed by atoms with E-state index in [1.165, 1.54) is 0 Å². The van der Waals surface area contributed by atoms with Crippen molar-refractivity contribution in [1.29, 1.82) is 0 Å². The fourth-order valence-electron chi connectivity index (χ4n) is 2.44. The minimum absolute atomic E-state index is 0.285. The summed E-state index contributed by atoms with van der Waals surface area (Å²) in [4.78, 5) is 13.3. The van der Waals surface area contributed by atoms with Crippen LogP contribution in [0.2, 0.25) is 5.02 Å². The summed E-state index contributed by atoms with van der Waals surface area (Å²) in [5, 5.41) is 7.44. The molecule has 1 aromatic carbocycles. The predicted molar refractivity (Wildman–Crippen MR) is 108 cm³/mol. The average molecular weight is 368 g/mol. The first-order valence-corrected chi connectivity index (χ1v) is 9.02. The number of pyridine rings is 1. The molecule has 2 N–H and O–H groups in total. The topological polar surface area (TPSA) is 62.7 Å². The van der Waals surface area contributed by atoms with Gasteiger partial charge in [-0.3, -0.25) is 4.98 Å². The second-order valence-electron chi connectivity index (χ2n) is 6.24. The van der Waals surface area contributed by atoms with Crippen LogP contribution in [0, 0.1) is 6.92 Å². The van der Waals surface area contributed by atoms with E-state index in [-0.39, 0.29) is 6.04 Å². The lowest BCUT2D eigenvalue weighted by molar-refractivity contribution is 0.753. The van der Waals surface area contributed by atoms with Crippen LogP contribution in [-0.2, 0) is 0 Å². The molecule has 3 aromatic rings. The van der Waals surface area contributed by atoms with Crippen LogP contribution in [0.25, 0.3) is 11.3 Å². The zero-order chi connectivity index (χ0) is 18.5. The van der Waals surface area contributed by atoms with Crippen LogP contribution in [0.3, 0.4) is 0 Å². The van der Waals surface area contributed by atoms with Crippen molar-refractivity contribution < 1.29 is 0 Å². The third kappa shape index (κ3) is 4.49. The summed E-state index contributed by atoms with van der Waals surface area (Å²) in [6.07, 6.45) is 4.51. The Morgan fingerprint density at radius 2 is 1.85 bits per heavy atom. The van der Waals surface area contributed by atoms with Crippen molar-refractivity contribution in [2.75, 3.05) is 10.6 Å². The zero-order valence-electron chi connectivity index (χ0n) is 15.1. The maximum absolute atomic E-state index is 6.12. The van der Waals surface area contributed by atoms with Gasteiger partial charge in [-0.2, -0.15) is 4.98 Å². The van der Waals surface area contributed by atoms with Gasteiger partial charge in [0.15, 0.2) is 0 Å². The van der Waals surface area contributed by atoms with Gasteiger partial charge in [0, 0.05) is 40.8 Å². The van der Waals surface area contributed by atoms with Crippen LogP contribution >= 0.6 is 11.6 Å². The molecule has 2 aromatic heterocycles. The van der Waals surface area contributed by atoms with Crippen molar-refractivity contribution in [3.05, 3.63) is 59.4 Å². The molecule has 0 radical (unpaired) electrons. The molecule has 6 heteroatoms. The number of hydrogen-bond donors (Lipinski definition) is 2. The van der Waals surface area contributed by atoms with E-state index in [0.717, 1.165) is 39.8 Å².